The number of rotatable bonds is 9. The topological polar surface area (TPSA) is 25.4 Å². The van der Waals surface area contributed by atoms with Gasteiger partial charge in [-0.05, 0) is 36.5 Å². The van der Waals surface area contributed by atoms with Crippen LogP contribution in [0.3, 0.4) is 0 Å². The Morgan fingerprint density at radius 1 is 1.24 bits per heavy atom. The summed E-state index contributed by atoms with van der Waals surface area (Å²) in [6.07, 6.45) is 2.20. The molecule has 0 fully saturated rings. The minimum Gasteiger partial charge on any atom is -0.383 e. The zero-order valence-corrected chi connectivity index (χ0v) is 14.8. The lowest BCUT2D eigenvalue weighted by Gasteiger charge is -2.32. The maximum absolute atomic E-state index is 6.06. The number of nitrogens with zero attached hydrogens (tertiary/aromatic N) is 2. The van der Waals surface area contributed by atoms with Crippen LogP contribution in [0.2, 0.25) is 0 Å². The number of alkyl halides is 1. The van der Waals surface area contributed by atoms with E-state index in [1.807, 2.05) is 0 Å². The molecular formula is C17H29ClN2O. The Morgan fingerprint density at radius 2 is 1.90 bits per heavy atom. The summed E-state index contributed by atoms with van der Waals surface area (Å²) < 4.78 is 5.27. The van der Waals surface area contributed by atoms with Crippen molar-refractivity contribution in [2.24, 2.45) is 0 Å². The summed E-state index contributed by atoms with van der Waals surface area (Å²) in [6, 6.07) is 4.72. The lowest BCUT2D eigenvalue weighted by atomic mass is 10.1. The van der Waals surface area contributed by atoms with Gasteiger partial charge in [-0.2, -0.15) is 0 Å². The van der Waals surface area contributed by atoms with Crippen molar-refractivity contribution in [1.82, 2.24) is 4.98 Å². The quantitative estimate of drug-likeness (QED) is 0.624. The minimum absolute atomic E-state index is 0.401. The van der Waals surface area contributed by atoms with E-state index in [-0.39, 0.29) is 0 Å². The fourth-order valence-corrected chi connectivity index (χ4v) is 2.67. The average molecular weight is 313 g/mol. The van der Waals surface area contributed by atoms with Gasteiger partial charge >= 0.3 is 0 Å². The number of hydrogen-bond acceptors (Lipinski definition) is 3. The predicted molar refractivity (Wildman–Crippen MR) is 91.5 cm³/mol. The highest BCUT2D eigenvalue weighted by Crippen LogP contribution is 2.24. The molecule has 1 aromatic heterocycles. The van der Waals surface area contributed by atoms with Gasteiger partial charge in [-0.25, -0.2) is 4.98 Å². The van der Waals surface area contributed by atoms with E-state index in [4.69, 9.17) is 21.3 Å². The Bertz CT molecular complexity index is 419. The Labute approximate surface area is 134 Å². The fourth-order valence-electron chi connectivity index (χ4n) is 2.52. The highest BCUT2D eigenvalue weighted by atomic mass is 35.5. The molecule has 0 aliphatic heterocycles. The molecule has 0 saturated heterocycles. The van der Waals surface area contributed by atoms with E-state index in [9.17, 15) is 0 Å². The van der Waals surface area contributed by atoms with Crippen LogP contribution in [0, 0.1) is 0 Å². The molecule has 0 atom stereocenters. The summed E-state index contributed by atoms with van der Waals surface area (Å²) in [5, 5.41) is 0. The third-order valence-corrected chi connectivity index (χ3v) is 4.16. The maximum Gasteiger partial charge on any atom is 0.129 e. The molecule has 1 rings (SSSR count). The standard InChI is InChI=1S/C17H29ClN2O/c1-6-15(7-2)20(8-9-21-5)17-11-14(12-18)10-16(19-17)13(3)4/h10-11,13,15H,6-9,12H2,1-5H3. The highest BCUT2D eigenvalue weighted by Gasteiger charge is 2.18. The predicted octanol–water partition coefficient (Wildman–Crippen LogP) is 4.59. The van der Waals surface area contributed by atoms with Gasteiger partial charge in [-0.15, -0.1) is 11.6 Å². The van der Waals surface area contributed by atoms with Crippen LogP contribution < -0.4 is 4.90 Å². The van der Waals surface area contributed by atoms with Crippen molar-refractivity contribution in [1.29, 1.82) is 0 Å². The summed E-state index contributed by atoms with van der Waals surface area (Å²) in [5.74, 6) is 1.96. The van der Waals surface area contributed by atoms with Crippen LogP contribution in [0.25, 0.3) is 0 Å². The number of pyridine rings is 1. The molecule has 0 bridgehead atoms. The van der Waals surface area contributed by atoms with Crippen LogP contribution >= 0.6 is 11.6 Å². The van der Waals surface area contributed by atoms with Crippen molar-refractivity contribution in [3.8, 4) is 0 Å². The molecule has 0 spiro atoms. The van der Waals surface area contributed by atoms with Crippen molar-refractivity contribution >= 4 is 17.4 Å². The summed E-state index contributed by atoms with van der Waals surface area (Å²) in [7, 11) is 1.74. The van der Waals surface area contributed by atoms with E-state index in [0.29, 0.717) is 24.4 Å². The molecule has 0 aromatic carbocycles. The Kier molecular flexibility index (Phi) is 8.05. The molecule has 0 amide bonds. The van der Waals surface area contributed by atoms with Crippen molar-refractivity contribution in [2.75, 3.05) is 25.2 Å². The zero-order valence-electron chi connectivity index (χ0n) is 14.0. The molecule has 0 saturated carbocycles. The molecule has 120 valence electrons. The molecule has 0 N–H and O–H groups in total. The summed E-state index contributed by atoms with van der Waals surface area (Å²) in [5.41, 5.74) is 2.25. The summed E-state index contributed by atoms with van der Waals surface area (Å²) in [6.45, 7) is 10.4. The number of methoxy groups -OCH3 is 1. The van der Waals surface area contributed by atoms with E-state index >= 15 is 0 Å². The van der Waals surface area contributed by atoms with Crippen molar-refractivity contribution in [3.63, 3.8) is 0 Å². The van der Waals surface area contributed by atoms with Crippen molar-refractivity contribution in [3.05, 3.63) is 23.4 Å². The molecule has 0 unspecified atom stereocenters. The number of aromatic nitrogens is 1. The monoisotopic (exact) mass is 312 g/mol. The number of ether oxygens (including phenoxy) is 1. The lowest BCUT2D eigenvalue weighted by molar-refractivity contribution is 0.202. The molecular weight excluding hydrogens is 284 g/mol. The largest absolute Gasteiger partial charge is 0.383 e. The van der Waals surface area contributed by atoms with E-state index in [1.165, 1.54) is 0 Å². The highest BCUT2D eigenvalue weighted by molar-refractivity contribution is 6.17. The van der Waals surface area contributed by atoms with Gasteiger partial charge in [0.2, 0.25) is 0 Å². The first-order chi connectivity index (χ1) is 10.1. The fraction of sp³-hybridized carbons (Fsp3) is 0.706. The minimum atomic E-state index is 0.401. The van der Waals surface area contributed by atoms with Crippen LogP contribution in [0.4, 0.5) is 5.82 Å². The summed E-state index contributed by atoms with van der Waals surface area (Å²) >= 11 is 6.06. The molecule has 1 heterocycles. The molecule has 4 heteroatoms. The van der Waals surface area contributed by atoms with Gasteiger partial charge in [0.15, 0.2) is 0 Å². The molecule has 1 aromatic rings. The zero-order chi connectivity index (χ0) is 15.8. The van der Waals surface area contributed by atoms with Crippen molar-refractivity contribution < 1.29 is 4.74 Å². The third-order valence-electron chi connectivity index (χ3n) is 3.85. The molecule has 0 aliphatic carbocycles. The second-order valence-corrected chi connectivity index (χ2v) is 5.97. The lowest BCUT2D eigenvalue weighted by Crippen LogP contribution is -2.38. The maximum atomic E-state index is 6.06. The first-order valence-corrected chi connectivity index (χ1v) is 8.43. The summed E-state index contributed by atoms with van der Waals surface area (Å²) in [4.78, 5) is 7.23. The first kappa shape index (κ1) is 18.2. The Morgan fingerprint density at radius 3 is 2.38 bits per heavy atom. The molecule has 0 radical (unpaired) electrons. The van der Waals surface area contributed by atoms with Gasteiger partial charge in [0.05, 0.1) is 6.61 Å². The van der Waals surface area contributed by atoms with E-state index in [0.717, 1.165) is 36.5 Å². The Balaban J connectivity index is 3.18. The van der Waals surface area contributed by atoms with Crippen LogP contribution in [0.1, 0.15) is 57.7 Å². The smallest absolute Gasteiger partial charge is 0.129 e. The SMILES string of the molecule is CCC(CC)N(CCOC)c1cc(CCl)cc(C(C)C)n1. The third kappa shape index (κ3) is 5.15. The van der Waals surface area contributed by atoms with Gasteiger partial charge in [-0.1, -0.05) is 27.7 Å². The van der Waals surface area contributed by atoms with Crippen molar-refractivity contribution in [2.45, 2.75) is 58.4 Å². The van der Waals surface area contributed by atoms with Gasteiger partial charge in [0.25, 0.3) is 0 Å². The van der Waals surface area contributed by atoms with Gasteiger partial charge in [-0.3, -0.25) is 0 Å². The van der Waals surface area contributed by atoms with Gasteiger partial charge in [0.1, 0.15) is 5.82 Å². The van der Waals surface area contributed by atoms with Gasteiger partial charge < -0.3 is 9.64 Å². The molecule has 0 aliphatic rings. The van der Waals surface area contributed by atoms with Crippen LogP contribution in [-0.2, 0) is 10.6 Å². The normalized spacial score (nSPS) is 11.4. The number of halogens is 1. The molecule has 21 heavy (non-hydrogen) atoms. The Hall–Kier alpha value is -0.800. The van der Waals surface area contributed by atoms with E-state index < -0.39 is 0 Å². The number of anilines is 1. The van der Waals surface area contributed by atoms with Crippen LogP contribution in [-0.4, -0.2) is 31.3 Å². The average Bonchev–Trinajstić information content (AvgIpc) is 2.50. The van der Waals surface area contributed by atoms with Crippen LogP contribution in [0.15, 0.2) is 12.1 Å². The second kappa shape index (κ2) is 9.26. The number of hydrogen-bond donors (Lipinski definition) is 0. The van der Waals surface area contributed by atoms with Crippen LogP contribution in [0.5, 0.6) is 0 Å². The molecule has 3 nitrogen and oxygen atoms in total. The second-order valence-electron chi connectivity index (χ2n) is 5.70. The first-order valence-electron chi connectivity index (χ1n) is 7.89. The van der Waals surface area contributed by atoms with E-state index in [1.54, 1.807) is 7.11 Å². The van der Waals surface area contributed by atoms with E-state index in [2.05, 4.69) is 44.7 Å². The van der Waals surface area contributed by atoms with Gasteiger partial charge in [0, 0.05) is 31.3 Å².